The molecule has 3 amide bonds. The number of nitrogens with one attached hydrogen (secondary N) is 2. The lowest BCUT2D eigenvalue weighted by Gasteiger charge is -2.27. The van der Waals surface area contributed by atoms with E-state index >= 15 is 0 Å². The van der Waals surface area contributed by atoms with Crippen molar-refractivity contribution in [2.75, 3.05) is 16.8 Å². The summed E-state index contributed by atoms with van der Waals surface area (Å²) < 4.78 is 57.5. The maximum Gasteiger partial charge on any atom is 0.416 e. The third kappa shape index (κ3) is 10.5. The van der Waals surface area contributed by atoms with Crippen molar-refractivity contribution in [1.29, 1.82) is 0 Å². The van der Waals surface area contributed by atoms with Gasteiger partial charge in [0.15, 0.2) is 5.69 Å². The molecular formula is C33H36F3N7O8. The van der Waals surface area contributed by atoms with Gasteiger partial charge in [-0.25, -0.2) is 29.0 Å². The molecule has 0 aliphatic carbocycles. The molecule has 0 bridgehead atoms. The van der Waals surface area contributed by atoms with Crippen LogP contribution >= 0.6 is 0 Å². The Balaban J connectivity index is 1.61. The maximum atomic E-state index is 13.4. The van der Waals surface area contributed by atoms with Crippen molar-refractivity contribution < 1.29 is 51.3 Å². The molecule has 51 heavy (non-hydrogen) atoms. The molecule has 1 aromatic carbocycles. The summed E-state index contributed by atoms with van der Waals surface area (Å²) >= 11 is 0. The number of alkyl carbamates (subject to hydrolysis) is 1. The zero-order valence-corrected chi connectivity index (χ0v) is 28.7. The molecule has 0 aliphatic rings. The summed E-state index contributed by atoms with van der Waals surface area (Å²) in [4.78, 5) is 58.2. The van der Waals surface area contributed by atoms with Gasteiger partial charge in [0.25, 0.3) is 5.91 Å². The molecule has 0 unspecified atom stereocenters. The van der Waals surface area contributed by atoms with Gasteiger partial charge in [-0.2, -0.15) is 18.3 Å². The molecule has 4 aromatic rings. The summed E-state index contributed by atoms with van der Waals surface area (Å²) in [6.07, 6.45) is -3.18. The molecular weight excluding hydrogens is 679 g/mol. The van der Waals surface area contributed by atoms with Crippen molar-refractivity contribution in [2.45, 2.75) is 72.4 Å². The summed E-state index contributed by atoms with van der Waals surface area (Å²) in [7, 11) is 0. The second-order valence-corrected chi connectivity index (χ2v) is 13.2. The fourth-order valence-corrected chi connectivity index (χ4v) is 4.41. The highest BCUT2D eigenvalue weighted by Gasteiger charge is 2.37. The van der Waals surface area contributed by atoms with Crippen LogP contribution in [0.1, 0.15) is 73.6 Å². The van der Waals surface area contributed by atoms with E-state index in [0.29, 0.717) is 16.2 Å². The quantitative estimate of drug-likeness (QED) is 0.171. The number of ether oxygens (including phenoxy) is 2. The van der Waals surface area contributed by atoms with Crippen LogP contribution in [0.5, 0.6) is 0 Å². The molecule has 0 atom stereocenters. The van der Waals surface area contributed by atoms with Crippen LogP contribution in [0.15, 0.2) is 53.4 Å². The van der Waals surface area contributed by atoms with Crippen LogP contribution in [0, 0.1) is 6.92 Å². The van der Waals surface area contributed by atoms with Gasteiger partial charge >= 0.3 is 24.3 Å². The first-order valence-corrected chi connectivity index (χ1v) is 15.3. The number of amides is 3. The fraction of sp³-hybridized carbons (Fsp3) is 0.364. The number of rotatable bonds is 9. The molecule has 0 fully saturated rings. The maximum absolute atomic E-state index is 13.4. The van der Waals surface area contributed by atoms with Crippen LogP contribution in [0.4, 0.5) is 34.3 Å². The third-order valence-electron chi connectivity index (χ3n) is 6.49. The molecule has 4 rings (SSSR count). The molecule has 15 nitrogen and oxygen atoms in total. The minimum Gasteiger partial charge on any atom is -0.478 e. The molecule has 0 spiro atoms. The number of anilines is 2. The van der Waals surface area contributed by atoms with Gasteiger partial charge in [0.1, 0.15) is 35.5 Å². The molecule has 3 N–H and O–H groups in total. The van der Waals surface area contributed by atoms with Crippen LogP contribution in [-0.2, 0) is 16.0 Å². The Morgan fingerprint density at radius 1 is 1.00 bits per heavy atom. The predicted octanol–water partition coefficient (Wildman–Crippen LogP) is 6.51. The van der Waals surface area contributed by atoms with Crippen LogP contribution in [-0.4, -0.2) is 72.8 Å². The average molecular weight is 716 g/mol. The minimum atomic E-state index is -4.78. The number of oxazole rings is 1. The topological polar surface area (TPSA) is 191 Å². The van der Waals surface area contributed by atoms with Crippen molar-refractivity contribution in [3.05, 3.63) is 71.5 Å². The van der Waals surface area contributed by atoms with Crippen molar-refractivity contribution in [3.63, 3.8) is 0 Å². The number of pyridine rings is 1. The average Bonchev–Trinajstić information content (AvgIpc) is 3.64. The Morgan fingerprint density at radius 2 is 1.69 bits per heavy atom. The number of carboxylic acid groups (broad SMARTS) is 1. The Bertz CT molecular complexity index is 1940. The number of carbonyl (C=O) groups is 4. The lowest BCUT2D eigenvalue weighted by molar-refractivity contribution is -0.119. The van der Waals surface area contributed by atoms with E-state index in [0.717, 1.165) is 18.5 Å². The summed E-state index contributed by atoms with van der Waals surface area (Å²) in [5.41, 5.74) is -0.550. The summed E-state index contributed by atoms with van der Waals surface area (Å²) in [6, 6.07) is 6.87. The Morgan fingerprint density at radius 3 is 2.29 bits per heavy atom. The normalized spacial score (nSPS) is 11.9. The van der Waals surface area contributed by atoms with Crippen molar-refractivity contribution >= 4 is 35.6 Å². The molecule has 272 valence electrons. The molecule has 0 saturated carbocycles. The SMILES string of the molecule is Cc1cc(C(=O)O)ccc1-n1cc(NC(=O)c2coc(-c3ccnc(N(CC(F)(F)F)C(=O)OC(C)(C)C)c3)n2)c(CNC(=O)OC(C)(C)C)n1. The van der Waals surface area contributed by atoms with Crippen molar-refractivity contribution in [3.8, 4) is 17.1 Å². The summed E-state index contributed by atoms with van der Waals surface area (Å²) in [5, 5.41) is 19.1. The number of carboxylic acids is 1. The number of aryl methyl sites for hydroxylation is 1. The van der Waals surface area contributed by atoms with Crippen LogP contribution in [0.25, 0.3) is 17.1 Å². The van der Waals surface area contributed by atoms with Gasteiger partial charge < -0.3 is 29.6 Å². The van der Waals surface area contributed by atoms with Gasteiger partial charge in [0.2, 0.25) is 5.89 Å². The number of hydrogen-bond acceptors (Lipinski definition) is 10. The second kappa shape index (κ2) is 14.5. The lowest BCUT2D eigenvalue weighted by Crippen LogP contribution is -2.42. The molecule has 0 saturated heterocycles. The zero-order chi connectivity index (χ0) is 37.9. The van der Waals surface area contributed by atoms with Gasteiger partial charge in [0, 0.05) is 11.8 Å². The lowest BCUT2D eigenvalue weighted by atomic mass is 10.1. The standard InChI is InChI=1S/C33H36F3N7O8/c1-18-12-20(28(45)46)8-9-24(18)43-15-22(21(41-43)14-38-29(47)50-31(2,3)4)39-26(44)23-16-49-27(40-23)19-10-11-37-25(13-19)42(17-33(34,35)36)30(48)51-32(5,6)7/h8-13,15-16H,14,17H2,1-7H3,(H,38,47)(H,39,44)(H,45,46). The first kappa shape index (κ1) is 37.9. The van der Waals surface area contributed by atoms with Gasteiger partial charge in [0.05, 0.1) is 29.7 Å². The molecule has 18 heteroatoms. The van der Waals surface area contributed by atoms with Crippen molar-refractivity contribution in [2.24, 2.45) is 0 Å². The van der Waals surface area contributed by atoms with Crippen molar-refractivity contribution in [1.82, 2.24) is 25.1 Å². The number of carbonyl (C=O) groups excluding carboxylic acids is 3. The number of benzene rings is 1. The smallest absolute Gasteiger partial charge is 0.416 e. The molecule has 3 aromatic heterocycles. The Labute approximate surface area is 289 Å². The van der Waals surface area contributed by atoms with Crippen LogP contribution in [0.3, 0.4) is 0 Å². The monoisotopic (exact) mass is 715 g/mol. The van der Waals surface area contributed by atoms with Gasteiger partial charge in [-0.1, -0.05) is 0 Å². The summed E-state index contributed by atoms with van der Waals surface area (Å²) in [6.45, 7) is 9.40. The van der Waals surface area contributed by atoms with Gasteiger partial charge in [-0.15, -0.1) is 0 Å². The first-order valence-electron chi connectivity index (χ1n) is 15.3. The highest BCUT2D eigenvalue weighted by Crippen LogP contribution is 2.28. The van der Waals surface area contributed by atoms with Crippen LogP contribution in [0.2, 0.25) is 0 Å². The number of halogens is 3. The number of aromatic nitrogens is 4. The van der Waals surface area contributed by atoms with E-state index in [9.17, 15) is 37.5 Å². The molecule has 3 heterocycles. The molecule has 0 aliphatic heterocycles. The third-order valence-corrected chi connectivity index (χ3v) is 6.49. The predicted molar refractivity (Wildman–Crippen MR) is 176 cm³/mol. The van der Waals surface area contributed by atoms with E-state index in [1.807, 2.05) is 0 Å². The van der Waals surface area contributed by atoms with Gasteiger partial charge in [-0.05, 0) is 84.4 Å². The van der Waals surface area contributed by atoms with E-state index in [1.165, 1.54) is 55.9 Å². The minimum absolute atomic E-state index is 0.0600. The zero-order valence-electron chi connectivity index (χ0n) is 28.7. The fourth-order valence-electron chi connectivity index (χ4n) is 4.41. The van der Waals surface area contributed by atoms with Gasteiger partial charge in [-0.3, -0.25) is 9.69 Å². The first-order chi connectivity index (χ1) is 23.6. The number of alkyl halides is 3. The largest absolute Gasteiger partial charge is 0.478 e. The number of nitrogens with zero attached hydrogens (tertiary/aromatic N) is 5. The van der Waals surface area contributed by atoms with E-state index in [2.05, 4.69) is 25.7 Å². The Kier molecular flexibility index (Phi) is 10.8. The highest BCUT2D eigenvalue weighted by molar-refractivity contribution is 6.03. The van der Waals surface area contributed by atoms with E-state index in [-0.39, 0.29) is 40.6 Å². The number of hydrogen-bond donors (Lipinski definition) is 3. The van der Waals surface area contributed by atoms with Crippen LogP contribution < -0.4 is 15.5 Å². The second-order valence-electron chi connectivity index (χ2n) is 13.2. The van der Waals surface area contributed by atoms with E-state index in [4.69, 9.17) is 13.9 Å². The number of aromatic carboxylic acids is 1. The van der Waals surface area contributed by atoms with E-state index < -0.39 is 53.8 Å². The summed E-state index contributed by atoms with van der Waals surface area (Å²) in [5.74, 6) is -2.46. The Hall–Kier alpha value is -5.94. The molecule has 0 radical (unpaired) electrons. The highest BCUT2D eigenvalue weighted by atomic mass is 19.4. The van der Waals surface area contributed by atoms with E-state index in [1.54, 1.807) is 27.7 Å².